The molecule has 0 amide bonds. The van der Waals surface area contributed by atoms with Crippen molar-refractivity contribution >= 4 is 36.0 Å². The maximum absolute atomic E-state index is 5.94. The predicted molar refractivity (Wildman–Crippen MR) is 108 cm³/mol. The molecule has 0 aromatic heterocycles. The molecule has 3 aliphatic rings. The van der Waals surface area contributed by atoms with Gasteiger partial charge in [-0.15, -0.1) is 0 Å². The fourth-order valence-electron chi connectivity index (χ4n) is 5.87. The van der Waals surface area contributed by atoms with Gasteiger partial charge in [0.25, 0.3) is 0 Å². The molecule has 3 fully saturated rings. The first-order valence-electron chi connectivity index (χ1n) is 9.86. The van der Waals surface area contributed by atoms with E-state index in [-0.39, 0.29) is 0 Å². The summed E-state index contributed by atoms with van der Waals surface area (Å²) in [5.41, 5.74) is 2.78. The van der Waals surface area contributed by atoms with Gasteiger partial charge in [0, 0.05) is 11.2 Å². The largest absolute Gasteiger partial charge is 0.390 e. The average molecular weight is 357 g/mol. The summed E-state index contributed by atoms with van der Waals surface area (Å²) in [6.45, 7) is 0. The fourth-order valence-corrected chi connectivity index (χ4v) is 14.9. The second-order valence-corrected chi connectivity index (χ2v) is 14.0. The summed E-state index contributed by atoms with van der Waals surface area (Å²) in [4.78, 5) is 0. The van der Waals surface area contributed by atoms with Gasteiger partial charge in [0.2, 0.25) is 0 Å². The van der Waals surface area contributed by atoms with Crippen molar-refractivity contribution in [3.8, 4) is 0 Å². The zero-order valence-corrected chi connectivity index (χ0v) is 16.6. The van der Waals surface area contributed by atoms with E-state index in [2.05, 4.69) is 0 Å². The van der Waals surface area contributed by atoms with Gasteiger partial charge in [-0.1, -0.05) is 19.3 Å². The third kappa shape index (κ3) is 3.40. The van der Waals surface area contributed by atoms with Crippen LogP contribution in [0.2, 0.25) is 0 Å². The third-order valence-corrected chi connectivity index (χ3v) is 14.6. The Morgan fingerprint density at radius 2 is 0.864 bits per heavy atom. The maximum atomic E-state index is 5.94. The van der Waals surface area contributed by atoms with Crippen LogP contribution in [0, 0.1) is 0 Å². The first-order chi connectivity index (χ1) is 10.8. The van der Waals surface area contributed by atoms with Crippen molar-refractivity contribution in [1.82, 2.24) is 0 Å². The second-order valence-electron chi connectivity index (χ2n) is 7.98. The molecular weight excluding hydrogens is 323 g/mol. The van der Waals surface area contributed by atoms with Crippen molar-refractivity contribution in [1.29, 1.82) is 0 Å². The van der Waals surface area contributed by atoms with Crippen LogP contribution >= 0.6 is 19.5 Å². The average Bonchev–Trinajstić information content (AvgIpc) is 2.58. The van der Waals surface area contributed by atoms with Crippen molar-refractivity contribution in [3.05, 3.63) is 0 Å². The first-order valence-corrected chi connectivity index (χ1v) is 12.7. The Hall–Kier alpha value is 0.740. The molecule has 0 nitrogen and oxygen atoms in total. The molecule has 3 rings (SSSR count). The molecule has 0 saturated heterocycles. The van der Waals surface area contributed by atoms with E-state index in [9.17, 15) is 0 Å². The van der Waals surface area contributed by atoms with Crippen molar-refractivity contribution in [3.63, 3.8) is 0 Å². The van der Waals surface area contributed by atoms with Crippen LogP contribution in [0.4, 0.5) is 0 Å². The zero-order chi connectivity index (χ0) is 15.4. The molecule has 3 heteroatoms. The van der Waals surface area contributed by atoms with Gasteiger partial charge in [-0.05, 0) is 77.0 Å². The van der Waals surface area contributed by atoms with Gasteiger partial charge in [-0.2, -0.15) is 0 Å². The van der Waals surface area contributed by atoms with Gasteiger partial charge in [-0.3, -0.25) is 0 Å². The molecule has 0 unspecified atom stereocenters. The first kappa shape index (κ1) is 17.6. The molecule has 3 aliphatic carbocycles. The summed E-state index contributed by atoms with van der Waals surface area (Å²) in [5, 5.41) is 0. The summed E-state index contributed by atoms with van der Waals surface area (Å²) in [5.74, 6) is 0. The van der Waals surface area contributed by atoms with Crippen LogP contribution < -0.4 is 0 Å². The van der Waals surface area contributed by atoms with E-state index >= 15 is 0 Å². The molecule has 126 valence electrons. The molecule has 0 spiro atoms. The van der Waals surface area contributed by atoms with Gasteiger partial charge in [0.15, 0.2) is 0 Å². The number of thiocarbonyl (C=S) groups is 1. The van der Waals surface area contributed by atoms with Crippen LogP contribution in [0.1, 0.15) is 96.3 Å². The molecule has 0 aromatic carbocycles. The monoisotopic (exact) mass is 356 g/mol. The Kier molecular flexibility index (Phi) is 6.56. The number of hydrogen-bond acceptors (Lipinski definition) is 2. The van der Waals surface area contributed by atoms with E-state index in [1.165, 1.54) is 96.3 Å². The molecule has 0 atom stereocenters. The van der Waals surface area contributed by atoms with Gasteiger partial charge in [-0.25, -0.2) is 0 Å². The smallest absolute Gasteiger partial charge is 0.0734 e. The molecule has 0 aliphatic heterocycles. The minimum Gasteiger partial charge on any atom is -0.390 e. The van der Waals surface area contributed by atoms with Crippen LogP contribution in [-0.2, 0) is 12.6 Å². The Morgan fingerprint density at radius 1 is 0.591 bits per heavy atom. The lowest BCUT2D eigenvalue weighted by Gasteiger charge is -2.50. The highest BCUT2D eigenvalue weighted by atomic mass is 32.1. The molecule has 22 heavy (non-hydrogen) atoms. The summed E-state index contributed by atoms with van der Waals surface area (Å²) in [6.07, 6.45) is 21.8. The lowest BCUT2D eigenvalue weighted by Crippen LogP contribution is -2.38. The van der Waals surface area contributed by atoms with Crippen LogP contribution in [0.25, 0.3) is 0 Å². The Bertz CT molecular complexity index is 318. The standard InChI is InChI=1S/C19H33PS2/c21-19(22)20(16-10-4-1-5-11-16,17-12-6-2-7-13-17)18-14-8-3-9-15-18/h16-18H,1-15H2. The van der Waals surface area contributed by atoms with E-state index in [0.29, 0.717) is 0 Å². The van der Waals surface area contributed by atoms with E-state index < -0.39 is 7.26 Å². The summed E-state index contributed by atoms with van der Waals surface area (Å²) in [7, 11) is -1.25. The molecule has 0 aromatic rings. The molecular formula is C19H33PS2. The van der Waals surface area contributed by atoms with Gasteiger partial charge >= 0.3 is 0 Å². The molecule has 0 N–H and O–H groups in total. The van der Waals surface area contributed by atoms with Crippen LogP contribution in [-0.4, -0.2) is 20.9 Å². The highest BCUT2D eigenvalue weighted by molar-refractivity contribution is 8.25. The molecule has 3 saturated carbocycles. The van der Waals surface area contributed by atoms with E-state index in [0.717, 1.165) is 20.9 Å². The summed E-state index contributed by atoms with van der Waals surface area (Å²) in [6, 6.07) is 0. The lowest BCUT2D eigenvalue weighted by molar-refractivity contribution is 0.456. The van der Waals surface area contributed by atoms with Crippen LogP contribution in [0.3, 0.4) is 0 Å². The maximum Gasteiger partial charge on any atom is 0.0734 e. The van der Waals surface area contributed by atoms with Crippen molar-refractivity contribution in [2.45, 2.75) is 113 Å². The second kappa shape index (κ2) is 8.21. The van der Waals surface area contributed by atoms with Crippen molar-refractivity contribution in [2.24, 2.45) is 0 Å². The minimum absolute atomic E-state index is 0.928. The SMILES string of the molecule is S=C([S-])[P+](C1CCCCC1)(C1CCCCC1)C1CCCCC1. The van der Waals surface area contributed by atoms with Gasteiger partial charge < -0.3 is 24.8 Å². The van der Waals surface area contributed by atoms with Crippen molar-refractivity contribution < 1.29 is 0 Å². The Balaban J connectivity index is 1.94. The lowest BCUT2D eigenvalue weighted by atomic mass is 9.99. The topological polar surface area (TPSA) is 0 Å². The quantitative estimate of drug-likeness (QED) is 0.307. The summed E-state index contributed by atoms with van der Waals surface area (Å²) >= 11 is 11.9. The minimum atomic E-state index is -1.25. The number of rotatable bonds is 4. The zero-order valence-electron chi connectivity index (χ0n) is 14.1. The Morgan fingerprint density at radius 3 is 1.09 bits per heavy atom. The molecule has 0 heterocycles. The number of hydrogen-bond donors (Lipinski definition) is 0. The van der Waals surface area contributed by atoms with Gasteiger partial charge in [0.05, 0.1) is 17.0 Å². The van der Waals surface area contributed by atoms with Crippen LogP contribution in [0.5, 0.6) is 0 Å². The Labute approximate surface area is 149 Å². The highest BCUT2D eigenvalue weighted by Gasteiger charge is 2.56. The third-order valence-electron chi connectivity index (χ3n) is 6.85. The van der Waals surface area contributed by atoms with E-state index in [1.807, 2.05) is 0 Å². The normalized spacial score (nSPS) is 26.9. The highest BCUT2D eigenvalue weighted by Crippen LogP contribution is 2.77. The van der Waals surface area contributed by atoms with Crippen molar-refractivity contribution in [2.75, 3.05) is 0 Å². The fraction of sp³-hybridized carbons (Fsp3) is 0.947. The van der Waals surface area contributed by atoms with Gasteiger partial charge in [0.1, 0.15) is 0 Å². The van der Waals surface area contributed by atoms with E-state index in [1.54, 1.807) is 0 Å². The molecule has 0 bridgehead atoms. The molecule has 0 radical (unpaired) electrons. The van der Waals surface area contributed by atoms with Crippen LogP contribution in [0.15, 0.2) is 0 Å². The van der Waals surface area contributed by atoms with E-state index in [4.69, 9.17) is 24.8 Å². The predicted octanol–water partition coefficient (Wildman–Crippen LogP) is 6.83. The summed E-state index contributed by atoms with van der Waals surface area (Å²) < 4.78 is 1.11.